The first-order valence-corrected chi connectivity index (χ1v) is 7.02. The van der Waals surface area contributed by atoms with Crippen LogP contribution in [0.15, 0.2) is 0 Å². The van der Waals surface area contributed by atoms with Crippen molar-refractivity contribution in [2.75, 3.05) is 19.1 Å². The average molecular weight is 235 g/mol. The van der Waals surface area contributed by atoms with E-state index in [1.54, 1.807) is 0 Å². The molecule has 0 N–H and O–H groups in total. The average Bonchev–Trinajstić information content (AvgIpc) is 2.27. The predicted molar refractivity (Wildman–Crippen MR) is 68.7 cm³/mol. The first-order chi connectivity index (χ1) is 7.35. The molecule has 0 aromatic rings. The lowest BCUT2D eigenvalue weighted by atomic mass is 10.0. The van der Waals surface area contributed by atoms with Crippen molar-refractivity contribution in [2.24, 2.45) is 5.92 Å². The van der Waals surface area contributed by atoms with Crippen molar-refractivity contribution in [1.82, 2.24) is 0 Å². The number of alkyl halides is 1. The summed E-state index contributed by atoms with van der Waals surface area (Å²) >= 11 is 5.60. The van der Waals surface area contributed by atoms with Crippen molar-refractivity contribution in [1.29, 1.82) is 0 Å². The van der Waals surface area contributed by atoms with Gasteiger partial charge in [-0.15, -0.1) is 11.6 Å². The van der Waals surface area contributed by atoms with Crippen LogP contribution in [0, 0.1) is 5.92 Å². The number of unbranched alkanes of at least 4 members (excludes halogenated alkanes) is 3. The number of rotatable bonds is 11. The highest BCUT2D eigenvalue weighted by atomic mass is 35.5. The van der Waals surface area contributed by atoms with Gasteiger partial charge in [0.2, 0.25) is 0 Å². The van der Waals surface area contributed by atoms with Gasteiger partial charge < -0.3 is 4.74 Å². The van der Waals surface area contributed by atoms with Crippen molar-refractivity contribution >= 4 is 11.6 Å². The Morgan fingerprint density at radius 1 is 1.07 bits per heavy atom. The Bertz CT molecular complexity index is 117. The van der Waals surface area contributed by atoms with E-state index in [-0.39, 0.29) is 0 Å². The summed E-state index contributed by atoms with van der Waals surface area (Å²) in [5, 5.41) is 0. The third-order valence-electron chi connectivity index (χ3n) is 2.82. The molecule has 0 amide bonds. The van der Waals surface area contributed by atoms with Gasteiger partial charge in [-0.3, -0.25) is 0 Å². The maximum atomic E-state index is 5.69. The summed E-state index contributed by atoms with van der Waals surface area (Å²) < 4.78 is 5.69. The highest BCUT2D eigenvalue weighted by Gasteiger charge is 2.05. The van der Waals surface area contributed by atoms with Gasteiger partial charge in [-0.2, -0.15) is 0 Å². The predicted octanol–water partition coefficient (Wildman–Crippen LogP) is 4.63. The van der Waals surface area contributed by atoms with E-state index in [0.29, 0.717) is 0 Å². The minimum atomic E-state index is 0.776. The number of hydrogen-bond donors (Lipinski definition) is 0. The molecule has 0 spiro atoms. The maximum absolute atomic E-state index is 5.69. The largest absolute Gasteiger partial charge is 0.381 e. The highest BCUT2D eigenvalue weighted by molar-refractivity contribution is 6.17. The van der Waals surface area contributed by atoms with Gasteiger partial charge in [0.05, 0.1) is 0 Å². The fraction of sp³-hybridized carbons (Fsp3) is 1.00. The molecule has 2 heteroatoms. The van der Waals surface area contributed by atoms with Crippen LogP contribution in [0.2, 0.25) is 0 Å². The summed E-state index contributed by atoms with van der Waals surface area (Å²) in [5.41, 5.74) is 0. The molecule has 0 heterocycles. The molecule has 0 aromatic heterocycles. The van der Waals surface area contributed by atoms with Crippen molar-refractivity contribution < 1.29 is 4.74 Å². The Balaban J connectivity index is 3.22. The van der Waals surface area contributed by atoms with Crippen LogP contribution < -0.4 is 0 Å². The van der Waals surface area contributed by atoms with Crippen LogP contribution in [0.25, 0.3) is 0 Å². The zero-order valence-corrected chi connectivity index (χ0v) is 11.2. The second kappa shape index (κ2) is 12.3. The normalized spacial score (nSPS) is 13.0. The molecule has 0 aliphatic heterocycles. The van der Waals surface area contributed by atoms with E-state index in [1.165, 1.54) is 32.1 Å². The summed E-state index contributed by atoms with van der Waals surface area (Å²) in [6.07, 6.45) is 8.71. The van der Waals surface area contributed by atoms with E-state index >= 15 is 0 Å². The maximum Gasteiger partial charge on any atom is 0.0494 e. The lowest BCUT2D eigenvalue weighted by Crippen LogP contribution is -2.09. The van der Waals surface area contributed by atoms with Crippen molar-refractivity contribution in [2.45, 2.75) is 58.8 Å². The highest BCUT2D eigenvalue weighted by Crippen LogP contribution is 2.13. The minimum Gasteiger partial charge on any atom is -0.381 e. The molecule has 0 saturated heterocycles. The smallest absolute Gasteiger partial charge is 0.0494 e. The van der Waals surface area contributed by atoms with Gasteiger partial charge in [-0.05, 0) is 31.6 Å². The van der Waals surface area contributed by atoms with Crippen molar-refractivity contribution in [3.63, 3.8) is 0 Å². The van der Waals surface area contributed by atoms with Crippen LogP contribution in [-0.2, 0) is 4.74 Å². The van der Waals surface area contributed by atoms with Gasteiger partial charge in [0.1, 0.15) is 0 Å². The Morgan fingerprint density at radius 2 is 1.87 bits per heavy atom. The van der Waals surface area contributed by atoms with Gasteiger partial charge in [0.25, 0.3) is 0 Å². The molecular formula is C13H27ClO. The van der Waals surface area contributed by atoms with Crippen LogP contribution in [0.5, 0.6) is 0 Å². The Labute approximate surface area is 101 Å². The van der Waals surface area contributed by atoms with Gasteiger partial charge in [0.15, 0.2) is 0 Å². The van der Waals surface area contributed by atoms with E-state index in [9.17, 15) is 0 Å². The molecule has 92 valence electrons. The number of ether oxygens (including phenoxy) is 1. The van der Waals surface area contributed by atoms with E-state index in [0.717, 1.165) is 37.9 Å². The SMILES string of the molecule is CCCCC(CC)COCCCCCCl. The zero-order valence-electron chi connectivity index (χ0n) is 10.4. The summed E-state index contributed by atoms with van der Waals surface area (Å²) in [6.45, 7) is 6.38. The number of hydrogen-bond acceptors (Lipinski definition) is 1. The standard InChI is InChI=1S/C13H27ClO/c1-3-5-9-13(4-2)12-15-11-8-6-7-10-14/h13H,3-12H2,1-2H3. The van der Waals surface area contributed by atoms with E-state index in [1.807, 2.05) is 0 Å². The van der Waals surface area contributed by atoms with Crippen LogP contribution in [0.3, 0.4) is 0 Å². The molecule has 15 heavy (non-hydrogen) atoms. The molecule has 0 fully saturated rings. The van der Waals surface area contributed by atoms with Crippen molar-refractivity contribution in [3.8, 4) is 0 Å². The van der Waals surface area contributed by atoms with Crippen LogP contribution >= 0.6 is 11.6 Å². The fourth-order valence-electron chi connectivity index (χ4n) is 1.62. The van der Waals surface area contributed by atoms with E-state index in [2.05, 4.69) is 13.8 Å². The van der Waals surface area contributed by atoms with Gasteiger partial charge in [-0.1, -0.05) is 33.1 Å². The molecule has 0 bridgehead atoms. The molecule has 1 atom stereocenters. The lowest BCUT2D eigenvalue weighted by molar-refractivity contribution is 0.0911. The number of halogens is 1. The molecule has 0 radical (unpaired) electrons. The molecule has 0 aromatic carbocycles. The topological polar surface area (TPSA) is 9.23 Å². The summed E-state index contributed by atoms with van der Waals surface area (Å²) in [5.74, 6) is 1.56. The second-order valence-corrected chi connectivity index (χ2v) is 4.62. The first-order valence-electron chi connectivity index (χ1n) is 6.48. The Morgan fingerprint density at radius 3 is 2.47 bits per heavy atom. The summed E-state index contributed by atoms with van der Waals surface area (Å²) in [7, 11) is 0. The first kappa shape index (κ1) is 15.2. The van der Waals surface area contributed by atoms with Crippen LogP contribution in [-0.4, -0.2) is 19.1 Å². The molecule has 0 aliphatic rings. The van der Waals surface area contributed by atoms with Gasteiger partial charge in [0, 0.05) is 19.1 Å². The van der Waals surface area contributed by atoms with E-state index in [4.69, 9.17) is 16.3 Å². The lowest BCUT2D eigenvalue weighted by Gasteiger charge is -2.14. The second-order valence-electron chi connectivity index (χ2n) is 4.24. The Kier molecular flexibility index (Phi) is 12.5. The molecule has 0 rings (SSSR count). The molecule has 0 aliphatic carbocycles. The van der Waals surface area contributed by atoms with Crippen molar-refractivity contribution in [3.05, 3.63) is 0 Å². The molecule has 1 unspecified atom stereocenters. The summed E-state index contributed by atoms with van der Waals surface area (Å²) in [4.78, 5) is 0. The van der Waals surface area contributed by atoms with Gasteiger partial charge in [-0.25, -0.2) is 0 Å². The fourth-order valence-corrected chi connectivity index (χ4v) is 1.81. The third kappa shape index (κ3) is 10.5. The van der Waals surface area contributed by atoms with Crippen LogP contribution in [0.4, 0.5) is 0 Å². The van der Waals surface area contributed by atoms with Crippen LogP contribution in [0.1, 0.15) is 58.8 Å². The third-order valence-corrected chi connectivity index (χ3v) is 3.09. The quantitative estimate of drug-likeness (QED) is 0.374. The molecule has 0 saturated carbocycles. The Hall–Kier alpha value is 0.250. The molecular weight excluding hydrogens is 208 g/mol. The summed E-state index contributed by atoms with van der Waals surface area (Å²) in [6, 6.07) is 0. The monoisotopic (exact) mass is 234 g/mol. The zero-order chi connectivity index (χ0) is 11.4. The minimum absolute atomic E-state index is 0.776. The van der Waals surface area contributed by atoms with E-state index < -0.39 is 0 Å². The molecule has 1 nitrogen and oxygen atoms in total. The van der Waals surface area contributed by atoms with Gasteiger partial charge >= 0.3 is 0 Å².